The van der Waals surface area contributed by atoms with Gasteiger partial charge in [-0.3, -0.25) is 9.36 Å². The molecule has 18 heavy (non-hydrogen) atoms. The maximum absolute atomic E-state index is 11.7. The Morgan fingerprint density at radius 3 is 2.44 bits per heavy atom. The smallest absolute Gasteiger partial charge is 0.274 e. The molecule has 0 atom stereocenters. The zero-order chi connectivity index (χ0) is 12.4. The van der Waals surface area contributed by atoms with Gasteiger partial charge in [-0.25, -0.2) is 0 Å². The first-order valence-corrected chi connectivity index (χ1v) is 5.55. The predicted molar refractivity (Wildman–Crippen MR) is 64.3 cm³/mol. The van der Waals surface area contributed by atoms with Crippen molar-refractivity contribution in [3.05, 3.63) is 52.6 Å². The van der Waals surface area contributed by atoms with E-state index >= 15 is 0 Å². The van der Waals surface area contributed by atoms with Crippen molar-refractivity contribution in [3.63, 3.8) is 0 Å². The lowest BCUT2D eigenvalue weighted by Gasteiger charge is -2.08. The Bertz CT molecular complexity index is 594. The molecule has 2 aromatic heterocycles. The molecule has 0 bridgehead atoms. The topological polar surface area (TPSA) is 46.1 Å². The average molecular weight is 267 g/mol. The molecule has 0 aromatic carbocycles. The van der Waals surface area contributed by atoms with Crippen LogP contribution in [0.1, 0.15) is 12.5 Å². The van der Waals surface area contributed by atoms with E-state index in [1.54, 1.807) is 10.6 Å². The first-order valence-electron chi connectivity index (χ1n) is 5.55. The second-order valence-electron chi connectivity index (χ2n) is 3.86. The van der Waals surface area contributed by atoms with Crippen molar-refractivity contribution >= 4 is 0 Å². The Morgan fingerprint density at radius 2 is 1.89 bits per heavy atom. The van der Waals surface area contributed by atoms with Crippen LogP contribution in [0.3, 0.4) is 0 Å². The molecule has 0 radical (unpaired) electrons. The highest BCUT2D eigenvalue weighted by molar-refractivity contribution is 5.40. The zero-order valence-electron chi connectivity index (χ0n) is 10.3. The van der Waals surface area contributed by atoms with Crippen LogP contribution in [0, 0.1) is 6.92 Å². The van der Waals surface area contributed by atoms with E-state index in [-0.39, 0.29) is 23.8 Å². The van der Waals surface area contributed by atoms with Gasteiger partial charge in [0.05, 0.1) is 0 Å². The highest BCUT2D eigenvalue weighted by Crippen LogP contribution is 2.18. The molecule has 0 amide bonds. The minimum absolute atomic E-state index is 0. The molecule has 0 fully saturated rings. The van der Waals surface area contributed by atoms with E-state index in [0.29, 0.717) is 12.2 Å². The molecule has 0 saturated heterocycles. The summed E-state index contributed by atoms with van der Waals surface area (Å²) in [7, 11) is 0. The van der Waals surface area contributed by atoms with Gasteiger partial charge in [0.2, 0.25) is 0 Å². The van der Waals surface area contributed by atoms with Crippen molar-refractivity contribution in [2.45, 2.75) is 20.4 Å². The highest BCUT2D eigenvalue weighted by Gasteiger charge is 2.19. The number of halogens is 1. The second-order valence-corrected chi connectivity index (χ2v) is 3.86. The monoisotopic (exact) mass is 266 g/mol. The quantitative estimate of drug-likeness (QED) is 0.650. The molecule has 1 N–H and O–H groups in total. The Kier molecular flexibility index (Phi) is 4.50. The summed E-state index contributed by atoms with van der Waals surface area (Å²) in [5.41, 5.74) is 1.23. The number of aromatic nitrogens is 2. The molecular weight excluding hydrogens is 252 g/mol. The number of aromatic hydroxyl groups is 1. The van der Waals surface area contributed by atoms with E-state index in [4.69, 9.17) is 0 Å². The fraction of sp³-hybridized carbons (Fsp3) is 0.231. The largest absolute Gasteiger partial charge is 1.00 e. The normalized spacial score (nSPS) is 9.89. The number of hydrogen-bond acceptors (Lipinski definition) is 2. The van der Waals surface area contributed by atoms with Gasteiger partial charge in [-0.05, 0) is 13.8 Å². The Balaban J connectivity index is 0.00000162. The number of aryl methyl sites for hydroxylation is 1. The standard InChI is InChI=1S/C13H14N2O2.ClH/c1-3-15-11(16)9-10(2)12(13(15)17)14-7-5-4-6-8-14;/h4-9H,3H2,1-2H3;1H. The van der Waals surface area contributed by atoms with E-state index < -0.39 is 0 Å². The molecule has 0 saturated carbocycles. The third kappa shape index (κ3) is 2.38. The van der Waals surface area contributed by atoms with Gasteiger partial charge in [-0.2, -0.15) is 4.57 Å². The summed E-state index contributed by atoms with van der Waals surface area (Å²) in [6.45, 7) is 4.09. The molecule has 0 spiro atoms. The molecule has 4 nitrogen and oxygen atoms in total. The SMILES string of the molecule is CCn1c(O)c(-[n+]2ccccc2)c(C)cc1=O.[Cl-]. The fourth-order valence-corrected chi connectivity index (χ4v) is 1.91. The maximum Gasteiger partial charge on any atom is 0.274 e. The van der Waals surface area contributed by atoms with Crippen LogP contribution in [0.25, 0.3) is 5.69 Å². The van der Waals surface area contributed by atoms with Gasteiger partial charge in [-0.1, -0.05) is 6.07 Å². The summed E-state index contributed by atoms with van der Waals surface area (Å²) in [6, 6.07) is 7.19. The summed E-state index contributed by atoms with van der Waals surface area (Å²) < 4.78 is 3.15. The van der Waals surface area contributed by atoms with Crippen LogP contribution < -0.4 is 22.5 Å². The van der Waals surface area contributed by atoms with Gasteiger partial charge in [0.15, 0.2) is 12.4 Å². The molecule has 0 aliphatic rings. The third-order valence-corrected chi connectivity index (χ3v) is 2.74. The Morgan fingerprint density at radius 1 is 1.28 bits per heavy atom. The van der Waals surface area contributed by atoms with Crippen LogP contribution >= 0.6 is 0 Å². The number of nitrogens with zero attached hydrogens (tertiary/aromatic N) is 2. The van der Waals surface area contributed by atoms with Gasteiger partial charge in [-0.15, -0.1) is 0 Å². The van der Waals surface area contributed by atoms with Crippen LogP contribution in [0.2, 0.25) is 0 Å². The summed E-state index contributed by atoms with van der Waals surface area (Å²) in [5.74, 6) is 0.00806. The lowest BCUT2D eigenvalue weighted by Crippen LogP contribution is -3.00. The molecule has 5 heteroatoms. The van der Waals surface area contributed by atoms with Crippen molar-refractivity contribution in [1.29, 1.82) is 0 Å². The van der Waals surface area contributed by atoms with E-state index in [0.717, 1.165) is 5.56 Å². The summed E-state index contributed by atoms with van der Waals surface area (Å²) >= 11 is 0. The van der Waals surface area contributed by atoms with Crippen molar-refractivity contribution in [2.75, 3.05) is 0 Å². The van der Waals surface area contributed by atoms with Crippen LogP contribution in [0.5, 0.6) is 5.88 Å². The first kappa shape index (κ1) is 14.3. The van der Waals surface area contributed by atoms with E-state index in [1.165, 1.54) is 4.57 Å². The molecule has 0 aliphatic heterocycles. The predicted octanol–water partition coefficient (Wildman–Crippen LogP) is -1.84. The molecule has 96 valence electrons. The number of hydrogen-bond donors (Lipinski definition) is 1. The Labute approximate surface area is 112 Å². The van der Waals surface area contributed by atoms with Crippen LogP contribution in [0.4, 0.5) is 0 Å². The van der Waals surface area contributed by atoms with Gasteiger partial charge < -0.3 is 17.5 Å². The first-order chi connectivity index (χ1) is 8.15. The zero-order valence-corrected chi connectivity index (χ0v) is 11.1. The van der Waals surface area contributed by atoms with Gasteiger partial charge >= 0.3 is 0 Å². The molecule has 0 unspecified atom stereocenters. The third-order valence-electron chi connectivity index (χ3n) is 2.74. The van der Waals surface area contributed by atoms with Crippen LogP contribution in [0.15, 0.2) is 41.5 Å². The minimum atomic E-state index is -0.178. The molecule has 0 aliphatic carbocycles. The summed E-state index contributed by atoms with van der Waals surface area (Å²) in [4.78, 5) is 11.7. The van der Waals surface area contributed by atoms with Crippen LogP contribution in [-0.4, -0.2) is 9.67 Å². The molecule has 2 aromatic rings. The number of rotatable bonds is 2. The van der Waals surface area contributed by atoms with Crippen molar-refractivity contribution in [2.24, 2.45) is 0 Å². The second kappa shape index (κ2) is 5.69. The van der Waals surface area contributed by atoms with Gasteiger partial charge in [0.25, 0.3) is 17.1 Å². The molecular formula is C13H15ClN2O2. The van der Waals surface area contributed by atoms with E-state index in [2.05, 4.69) is 0 Å². The lowest BCUT2D eigenvalue weighted by atomic mass is 10.2. The molecule has 2 heterocycles. The van der Waals surface area contributed by atoms with Crippen molar-refractivity contribution < 1.29 is 22.1 Å². The number of pyridine rings is 2. The van der Waals surface area contributed by atoms with Gasteiger partial charge in [0, 0.05) is 30.3 Å². The van der Waals surface area contributed by atoms with Crippen molar-refractivity contribution in [1.82, 2.24) is 4.57 Å². The Hall–Kier alpha value is -1.81. The highest BCUT2D eigenvalue weighted by atomic mass is 35.5. The molecule has 2 rings (SSSR count). The van der Waals surface area contributed by atoms with Gasteiger partial charge in [0.1, 0.15) is 0 Å². The summed E-state index contributed by atoms with van der Waals surface area (Å²) in [6.07, 6.45) is 3.68. The minimum Gasteiger partial charge on any atom is -1.00 e. The lowest BCUT2D eigenvalue weighted by molar-refractivity contribution is -0.597. The van der Waals surface area contributed by atoms with E-state index in [1.807, 2.05) is 44.4 Å². The maximum atomic E-state index is 11.7. The average Bonchev–Trinajstić information content (AvgIpc) is 2.30. The summed E-state index contributed by atoms with van der Waals surface area (Å²) in [5, 5.41) is 10.1. The van der Waals surface area contributed by atoms with Crippen molar-refractivity contribution in [3.8, 4) is 11.6 Å². The van der Waals surface area contributed by atoms with Crippen LogP contribution in [-0.2, 0) is 6.54 Å². The van der Waals surface area contributed by atoms with E-state index in [9.17, 15) is 9.90 Å². The fourth-order valence-electron chi connectivity index (χ4n) is 1.91.